The molecule has 7 heteroatoms. The van der Waals surface area contributed by atoms with Crippen molar-refractivity contribution in [3.63, 3.8) is 0 Å². The number of rotatable bonds is 5. The first-order valence-corrected chi connectivity index (χ1v) is 9.15. The second-order valence-electron chi connectivity index (χ2n) is 7.36. The van der Waals surface area contributed by atoms with Gasteiger partial charge in [0.05, 0.1) is 12.7 Å². The average molecular weight is 349 g/mol. The summed E-state index contributed by atoms with van der Waals surface area (Å²) in [6, 6.07) is 0. The molecule has 7 nitrogen and oxygen atoms in total. The first-order chi connectivity index (χ1) is 11.9. The summed E-state index contributed by atoms with van der Waals surface area (Å²) in [7, 11) is 0. The molecule has 0 bridgehead atoms. The Morgan fingerprint density at radius 2 is 2.00 bits per heavy atom. The predicted molar refractivity (Wildman–Crippen MR) is 98.5 cm³/mol. The number of nitrogens with zero attached hydrogens (tertiary/aromatic N) is 3. The Kier molecular flexibility index (Phi) is 6.84. The fourth-order valence-electron chi connectivity index (χ4n) is 2.63. The lowest BCUT2D eigenvalue weighted by Gasteiger charge is -2.26. The van der Waals surface area contributed by atoms with E-state index in [1.165, 1.54) is 6.42 Å². The standard InChI is InChI=1S/C18H31N5O2/c1-5-19-17(22-13-16(24)23-9-7-6-8-10-23)21-12-15-20-11-14(25-15)18(2,3)4/h11H,5-10,12-13H2,1-4H3,(H2,19,21,22). The van der Waals surface area contributed by atoms with Gasteiger partial charge in [-0.1, -0.05) is 20.8 Å². The molecule has 25 heavy (non-hydrogen) atoms. The summed E-state index contributed by atoms with van der Waals surface area (Å²) in [4.78, 5) is 22.8. The maximum atomic E-state index is 12.2. The minimum atomic E-state index is -0.0648. The Morgan fingerprint density at radius 3 is 2.60 bits per heavy atom. The maximum absolute atomic E-state index is 12.2. The molecule has 1 fully saturated rings. The number of oxazole rings is 1. The molecule has 140 valence electrons. The Hall–Kier alpha value is -2.05. The summed E-state index contributed by atoms with van der Waals surface area (Å²) < 4.78 is 5.77. The van der Waals surface area contributed by atoms with Crippen LogP contribution >= 0.6 is 0 Å². The minimum Gasteiger partial charge on any atom is -0.443 e. The number of likely N-dealkylation sites (tertiary alicyclic amines) is 1. The quantitative estimate of drug-likeness (QED) is 0.628. The van der Waals surface area contributed by atoms with Crippen molar-refractivity contribution in [2.24, 2.45) is 4.99 Å². The number of nitrogens with one attached hydrogen (secondary N) is 2. The van der Waals surface area contributed by atoms with Gasteiger partial charge in [0.25, 0.3) is 0 Å². The van der Waals surface area contributed by atoms with E-state index < -0.39 is 0 Å². The summed E-state index contributed by atoms with van der Waals surface area (Å²) in [6.45, 7) is 11.3. The van der Waals surface area contributed by atoms with Gasteiger partial charge >= 0.3 is 0 Å². The molecule has 0 aromatic carbocycles. The van der Waals surface area contributed by atoms with Crippen LogP contribution in [0.4, 0.5) is 0 Å². The van der Waals surface area contributed by atoms with Crippen molar-refractivity contribution in [3.8, 4) is 0 Å². The summed E-state index contributed by atoms with van der Waals surface area (Å²) in [5.74, 6) is 2.15. The van der Waals surface area contributed by atoms with Crippen molar-refractivity contribution in [1.29, 1.82) is 0 Å². The van der Waals surface area contributed by atoms with Crippen molar-refractivity contribution in [2.75, 3.05) is 26.2 Å². The molecule has 1 aromatic heterocycles. The van der Waals surface area contributed by atoms with Crippen LogP contribution < -0.4 is 10.6 Å². The molecule has 1 saturated heterocycles. The maximum Gasteiger partial charge on any atom is 0.244 e. The molecular weight excluding hydrogens is 318 g/mol. The molecule has 1 aromatic rings. The van der Waals surface area contributed by atoms with Gasteiger partial charge in [-0.2, -0.15) is 0 Å². The van der Waals surface area contributed by atoms with E-state index in [4.69, 9.17) is 4.42 Å². The number of aromatic nitrogens is 1. The average Bonchev–Trinajstić information content (AvgIpc) is 3.07. The normalized spacial score (nSPS) is 16.0. The summed E-state index contributed by atoms with van der Waals surface area (Å²) in [5.41, 5.74) is -0.0648. The molecule has 0 unspecified atom stereocenters. The van der Waals surface area contributed by atoms with E-state index in [0.717, 1.165) is 38.2 Å². The van der Waals surface area contributed by atoms with Crippen LogP contribution in [-0.4, -0.2) is 47.9 Å². The number of guanidine groups is 1. The number of hydrogen-bond donors (Lipinski definition) is 2. The van der Waals surface area contributed by atoms with Gasteiger partial charge in [0, 0.05) is 25.0 Å². The van der Waals surface area contributed by atoms with Gasteiger partial charge in [-0.15, -0.1) is 0 Å². The van der Waals surface area contributed by atoms with Gasteiger partial charge in [0.2, 0.25) is 11.8 Å². The first-order valence-electron chi connectivity index (χ1n) is 9.15. The van der Waals surface area contributed by atoms with Crippen LogP contribution in [-0.2, 0) is 16.8 Å². The highest BCUT2D eigenvalue weighted by molar-refractivity contribution is 5.84. The van der Waals surface area contributed by atoms with Crippen molar-refractivity contribution in [3.05, 3.63) is 17.8 Å². The second-order valence-corrected chi connectivity index (χ2v) is 7.36. The molecule has 0 spiro atoms. The van der Waals surface area contributed by atoms with Gasteiger partial charge in [0.1, 0.15) is 12.3 Å². The van der Waals surface area contributed by atoms with Crippen molar-refractivity contribution in [2.45, 2.75) is 58.9 Å². The zero-order valence-electron chi connectivity index (χ0n) is 15.9. The number of carbonyl (C=O) groups excluding carboxylic acids is 1. The predicted octanol–water partition coefficient (Wildman–Crippen LogP) is 2.04. The number of carbonyl (C=O) groups is 1. The number of amides is 1. The highest BCUT2D eigenvalue weighted by Gasteiger charge is 2.19. The van der Waals surface area contributed by atoms with Crippen molar-refractivity contribution < 1.29 is 9.21 Å². The third-order valence-corrected chi connectivity index (χ3v) is 4.13. The van der Waals surface area contributed by atoms with Gasteiger partial charge < -0.3 is 20.0 Å². The highest BCUT2D eigenvalue weighted by atomic mass is 16.4. The molecule has 1 aliphatic heterocycles. The lowest BCUT2D eigenvalue weighted by Crippen LogP contribution is -2.40. The summed E-state index contributed by atoms with van der Waals surface area (Å²) >= 11 is 0. The van der Waals surface area contributed by atoms with E-state index in [1.807, 2.05) is 11.8 Å². The fraction of sp³-hybridized carbons (Fsp3) is 0.722. The van der Waals surface area contributed by atoms with Crippen molar-refractivity contribution >= 4 is 11.9 Å². The molecule has 2 heterocycles. The smallest absolute Gasteiger partial charge is 0.244 e. The molecule has 2 rings (SSSR count). The number of hydrogen-bond acceptors (Lipinski definition) is 4. The van der Waals surface area contributed by atoms with E-state index in [9.17, 15) is 4.79 Å². The third-order valence-electron chi connectivity index (χ3n) is 4.13. The van der Waals surface area contributed by atoms with Crippen LogP contribution in [0.1, 0.15) is 58.6 Å². The highest BCUT2D eigenvalue weighted by Crippen LogP contribution is 2.22. The Bertz CT molecular complexity index is 583. The zero-order valence-corrected chi connectivity index (χ0v) is 15.9. The molecule has 0 radical (unpaired) electrons. The van der Waals surface area contributed by atoms with E-state index >= 15 is 0 Å². The number of piperidine rings is 1. The second kappa shape index (κ2) is 8.87. The van der Waals surface area contributed by atoms with Crippen LogP contribution in [0, 0.1) is 0 Å². The van der Waals surface area contributed by atoms with Crippen LogP contribution in [0.3, 0.4) is 0 Å². The fourth-order valence-corrected chi connectivity index (χ4v) is 2.63. The topological polar surface area (TPSA) is 82.8 Å². The molecule has 1 amide bonds. The third kappa shape index (κ3) is 6.07. The Morgan fingerprint density at radius 1 is 1.28 bits per heavy atom. The summed E-state index contributed by atoms with van der Waals surface area (Å²) in [5, 5.41) is 6.32. The Labute approximate surface area is 150 Å². The SMILES string of the molecule is CCNC(=NCC(=O)N1CCCCC1)NCc1ncc(C(C)(C)C)o1. The van der Waals surface area contributed by atoms with E-state index in [0.29, 0.717) is 18.4 Å². The summed E-state index contributed by atoms with van der Waals surface area (Å²) in [6.07, 6.45) is 5.16. The van der Waals surface area contributed by atoms with Gasteiger partial charge in [0.15, 0.2) is 5.96 Å². The Balaban J connectivity index is 1.88. The largest absolute Gasteiger partial charge is 0.443 e. The number of aliphatic imine (C=N–C) groups is 1. The van der Waals surface area contributed by atoms with Gasteiger partial charge in [-0.05, 0) is 26.2 Å². The van der Waals surface area contributed by atoms with E-state index in [1.54, 1.807) is 6.20 Å². The molecule has 0 atom stereocenters. The van der Waals surface area contributed by atoms with Gasteiger partial charge in [-0.3, -0.25) is 4.79 Å². The molecule has 0 saturated carbocycles. The minimum absolute atomic E-state index is 0.0648. The van der Waals surface area contributed by atoms with E-state index in [-0.39, 0.29) is 17.9 Å². The van der Waals surface area contributed by atoms with Gasteiger partial charge in [-0.25, -0.2) is 9.98 Å². The monoisotopic (exact) mass is 349 g/mol. The zero-order chi connectivity index (χ0) is 18.3. The van der Waals surface area contributed by atoms with Crippen LogP contribution in [0.2, 0.25) is 0 Å². The van der Waals surface area contributed by atoms with Crippen LogP contribution in [0.15, 0.2) is 15.6 Å². The van der Waals surface area contributed by atoms with Crippen molar-refractivity contribution in [1.82, 2.24) is 20.5 Å². The lowest BCUT2D eigenvalue weighted by molar-refractivity contribution is -0.130. The lowest BCUT2D eigenvalue weighted by atomic mass is 9.94. The first kappa shape index (κ1) is 19.3. The van der Waals surface area contributed by atoms with Crippen LogP contribution in [0.25, 0.3) is 0 Å². The van der Waals surface area contributed by atoms with Crippen LogP contribution in [0.5, 0.6) is 0 Å². The molecular formula is C18H31N5O2. The molecule has 1 aliphatic rings. The van der Waals surface area contributed by atoms with E-state index in [2.05, 4.69) is 41.4 Å². The molecule has 2 N–H and O–H groups in total. The molecule has 0 aliphatic carbocycles.